The molecule has 0 fully saturated rings. The van der Waals surface area contributed by atoms with Crippen LogP contribution in [0.25, 0.3) is 10.8 Å². The average Bonchev–Trinajstić information content (AvgIpc) is 3.15. The van der Waals surface area contributed by atoms with Gasteiger partial charge in [0.05, 0.1) is 10.6 Å². The molecule has 0 unspecified atom stereocenters. The predicted octanol–water partition coefficient (Wildman–Crippen LogP) is 4.22. The summed E-state index contributed by atoms with van der Waals surface area (Å²) in [6.07, 6.45) is 3.35. The van der Waals surface area contributed by atoms with E-state index >= 15 is 0 Å². The van der Waals surface area contributed by atoms with Crippen molar-refractivity contribution < 1.29 is 9.21 Å². The van der Waals surface area contributed by atoms with Gasteiger partial charge in [-0.2, -0.15) is 0 Å². The number of nitrogens with one attached hydrogen (secondary N) is 1. The number of thioether (sulfide) groups is 1. The Hall–Kier alpha value is -1.34. The number of thiophene rings is 1. The van der Waals surface area contributed by atoms with Crippen LogP contribution in [-0.2, 0) is 4.79 Å². The minimum Gasteiger partial charge on any atom is -0.410 e. The summed E-state index contributed by atoms with van der Waals surface area (Å²) in [7, 11) is 0. The molecule has 2 aromatic heterocycles. The molecule has 2 rings (SSSR count). The third-order valence-electron chi connectivity index (χ3n) is 3.29. The lowest BCUT2D eigenvalue weighted by molar-refractivity contribution is -0.119. The largest absolute Gasteiger partial charge is 0.410 e. The Labute approximate surface area is 145 Å². The number of amides is 1. The molecule has 1 amide bonds. The summed E-state index contributed by atoms with van der Waals surface area (Å²) in [5.74, 6) is 1.51. The molecule has 126 valence electrons. The van der Waals surface area contributed by atoms with Gasteiger partial charge in [-0.15, -0.1) is 21.5 Å². The summed E-state index contributed by atoms with van der Waals surface area (Å²) in [6.45, 7) is 6.48. The van der Waals surface area contributed by atoms with Crippen molar-refractivity contribution in [1.82, 2.24) is 15.5 Å². The lowest BCUT2D eigenvalue weighted by atomic mass is 10.0. The van der Waals surface area contributed by atoms with Crippen molar-refractivity contribution in [1.29, 1.82) is 0 Å². The molecular formula is C16H23N3O2S2. The molecule has 2 aromatic rings. The lowest BCUT2D eigenvalue weighted by Crippen LogP contribution is -2.33. The van der Waals surface area contributed by atoms with E-state index in [-0.39, 0.29) is 11.9 Å². The molecule has 0 aliphatic heterocycles. The van der Waals surface area contributed by atoms with Crippen molar-refractivity contribution >= 4 is 29.0 Å². The Morgan fingerprint density at radius 3 is 2.87 bits per heavy atom. The standard InChI is InChI=1S/C16H23N3O2S2/c1-11(2)6-4-7-12(3)17-14(20)10-23-16-19-18-15(21-16)13-8-5-9-22-13/h5,8-9,11-12H,4,6-7,10H2,1-3H3,(H,17,20)/t12-/m1/s1. The molecular weight excluding hydrogens is 330 g/mol. The molecule has 0 bridgehead atoms. The molecule has 0 saturated carbocycles. The molecule has 0 aromatic carbocycles. The number of carbonyl (C=O) groups is 1. The maximum Gasteiger partial charge on any atom is 0.277 e. The SMILES string of the molecule is CC(C)CCC[C@@H](C)NC(=O)CSc1nnc(-c2cccs2)o1. The molecule has 0 spiro atoms. The van der Waals surface area contributed by atoms with Gasteiger partial charge in [-0.3, -0.25) is 4.79 Å². The first kappa shape index (κ1) is 18.0. The molecule has 1 atom stereocenters. The van der Waals surface area contributed by atoms with E-state index in [0.29, 0.717) is 22.8 Å². The quantitative estimate of drug-likeness (QED) is 0.684. The summed E-state index contributed by atoms with van der Waals surface area (Å²) in [4.78, 5) is 12.9. The first-order chi connectivity index (χ1) is 11.0. The van der Waals surface area contributed by atoms with Gasteiger partial charge in [-0.05, 0) is 30.7 Å². The van der Waals surface area contributed by atoms with Crippen LogP contribution in [-0.4, -0.2) is 27.9 Å². The van der Waals surface area contributed by atoms with Gasteiger partial charge in [0.1, 0.15) is 0 Å². The van der Waals surface area contributed by atoms with Crippen LogP contribution in [0.4, 0.5) is 0 Å². The van der Waals surface area contributed by atoms with Gasteiger partial charge in [0.25, 0.3) is 11.1 Å². The van der Waals surface area contributed by atoms with Crippen molar-refractivity contribution in [3.8, 4) is 10.8 Å². The van der Waals surface area contributed by atoms with Crippen molar-refractivity contribution in [2.45, 2.75) is 51.3 Å². The third-order valence-corrected chi connectivity index (χ3v) is 4.97. The van der Waals surface area contributed by atoms with E-state index in [1.165, 1.54) is 18.2 Å². The molecule has 0 radical (unpaired) electrons. The number of carbonyl (C=O) groups excluding carboxylic acids is 1. The van der Waals surface area contributed by atoms with E-state index < -0.39 is 0 Å². The summed E-state index contributed by atoms with van der Waals surface area (Å²) in [5.41, 5.74) is 0. The van der Waals surface area contributed by atoms with Gasteiger partial charge in [0.2, 0.25) is 5.91 Å². The number of hydrogen-bond acceptors (Lipinski definition) is 6. The van der Waals surface area contributed by atoms with Gasteiger partial charge in [-0.25, -0.2) is 0 Å². The number of rotatable bonds is 9. The van der Waals surface area contributed by atoms with Gasteiger partial charge >= 0.3 is 0 Å². The monoisotopic (exact) mass is 353 g/mol. The van der Waals surface area contributed by atoms with Crippen LogP contribution >= 0.6 is 23.1 Å². The topological polar surface area (TPSA) is 68.0 Å². The Balaban J connectivity index is 1.70. The number of nitrogens with zero attached hydrogens (tertiary/aromatic N) is 2. The highest BCUT2D eigenvalue weighted by Crippen LogP contribution is 2.26. The minimum absolute atomic E-state index is 0.00270. The second-order valence-corrected chi connectivity index (χ2v) is 7.81. The highest BCUT2D eigenvalue weighted by atomic mass is 32.2. The van der Waals surface area contributed by atoms with E-state index in [9.17, 15) is 4.79 Å². The maximum atomic E-state index is 11.9. The molecule has 0 saturated heterocycles. The van der Waals surface area contributed by atoms with Gasteiger partial charge in [-0.1, -0.05) is 44.5 Å². The van der Waals surface area contributed by atoms with E-state index in [1.54, 1.807) is 11.3 Å². The van der Waals surface area contributed by atoms with Crippen LogP contribution in [0.3, 0.4) is 0 Å². The van der Waals surface area contributed by atoms with Crippen LogP contribution in [0.1, 0.15) is 40.0 Å². The van der Waals surface area contributed by atoms with E-state index in [4.69, 9.17) is 4.42 Å². The Morgan fingerprint density at radius 2 is 2.17 bits per heavy atom. The van der Waals surface area contributed by atoms with Gasteiger partial charge < -0.3 is 9.73 Å². The molecule has 0 aliphatic rings. The first-order valence-corrected chi connectivity index (χ1v) is 9.70. The van der Waals surface area contributed by atoms with Gasteiger partial charge in [0.15, 0.2) is 0 Å². The number of hydrogen-bond donors (Lipinski definition) is 1. The summed E-state index contributed by atoms with van der Waals surface area (Å²) >= 11 is 2.82. The van der Waals surface area contributed by atoms with E-state index in [2.05, 4.69) is 29.4 Å². The highest BCUT2D eigenvalue weighted by molar-refractivity contribution is 7.99. The fourth-order valence-electron chi connectivity index (χ4n) is 2.12. The van der Waals surface area contributed by atoms with E-state index in [1.807, 2.05) is 24.4 Å². The zero-order chi connectivity index (χ0) is 16.7. The second kappa shape index (κ2) is 9.08. The first-order valence-electron chi connectivity index (χ1n) is 7.84. The molecule has 2 heterocycles. The Bertz CT molecular complexity index is 596. The third kappa shape index (κ3) is 6.35. The summed E-state index contributed by atoms with van der Waals surface area (Å²) in [5, 5.41) is 13.4. The van der Waals surface area contributed by atoms with Crippen LogP contribution in [0, 0.1) is 5.92 Å². The number of aromatic nitrogens is 2. The summed E-state index contributed by atoms with van der Waals surface area (Å²) in [6, 6.07) is 4.06. The molecule has 1 N–H and O–H groups in total. The van der Waals surface area contributed by atoms with Crippen molar-refractivity contribution in [2.75, 3.05) is 5.75 Å². The van der Waals surface area contributed by atoms with Crippen molar-refractivity contribution in [2.24, 2.45) is 5.92 Å². The van der Waals surface area contributed by atoms with Crippen LogP contribution in [0.5, 0.6) is 0 Å². The van der Waals surface area contributed by atoms with E-state index in [0.717, 1.165) is 17.7 Å². The summed E-state index contributed by atoms with van der Waals surface area (Å²) < 4.78 is 5.55. The van der Waals surface area contributed by atoms with Crippen LogP contribution in [0.15, 0.2) is 27.2 Å². The minimum atomic E-state index is 0.00270. The zero-order valence-corrected chi connectivity index (χ0v) is 15.4. The highest BCUT2D eigenvalue weighted by Gasteiger charge is 2.13. The fourth-order valence-corrected chi connectivity index (χ4v) is 3.33. The van der Waals surface area contributed by atoms with Crippen molar-refractivity contribution in [3.63, 3.8) is 0 Å². The average molecular weight is 354 g/mol. The molecule has 5 nitrogen and oxygen atoms in total. The zero-order valence-electron chi connectivity index (χ0n) is 13.7. The fraction of sp³-hybridized carbons (Fsp3) is 0.562. The molecule has 0 aliphatic carbocycles. The molecule has 23 heavy (non-hydrogen) atoms. The normalized spacial score (nSPS) is 12.5. The van der Waals surface area contributed by atoms with Gasteiger partial charge in [0, 0.05) is 6.04 Å². The smallest absolute Gasteiger partial charge is 0.277 e. The lowest BCUT2D eigenvalue weighted by Gasteiger charge is -2.14. The Morgan fingerprint density at radius 1 is 1.35 bits per heavy atom. The second-order valence-electron chi connectivity index (χ2n) is 5.93. The van der Waals surface area contributed by atoms with Crippen molar-refractivity contribution in [3.05, 3.63) is 17.5 Å². The maximum absolute atomic E-state index is 11.9. The predicted molar refractivity (Wildman–Crippen MR) is 94.6 cm³/mol. The Kier molecular flexibility index (Phi) is 7.11. The van der Waals surface area contributed by atoms with Crippen LogP contribution < -0.4 is 5.32 Å². The molecule has 7 heteroatoms. The van der Waals surface area contributed by atoms with Crippen LogP contribution in [0.2, 0.25) is 0 Å².